The normalized spacial score (nSPS) is 33.1. The van der Waals surface area contributed by atoms with Crippen molar-refractivity contribution in [3.63, 3.8) is 0 Å². The van der Waals surface area contributed by atoms with Gasteiger partial charge in [0.25, 0.3) is 0 Å². The summed E-state index contributed by atoms with van der Waals surface area (Å²) in [6.45, 7) is 2.30. The number of carbonyl (C=O) groups is 1. The Bertz CT molecular complexity index is 519. The molecule has 2 heterocycles. The minimum absolute atomic E-state index is 0. The molecule has 5 nitrogen and oxygen atoms in total. The van der Waals surface area contributed by atoms with Crippen molar-refractivity contribution in [2.24, 2.45) is 23.5 Å². The molecule has 0 saturated heterocycles. The Morgan fingerprint density at radius 3 is 2.71 bits per heavy atom. The minimum atomic E-state index is 0. The second-order valence-electron chi connectivity index (χ2n) is 6.23. The van der Waals surface area contributed by atoms with Gasteiger partial charge >= 0.3 is 0 Å². The smallest absolute Gasteiger partial charge is 0.228 e. The van der Waals surface area contributed by atoms with Crippen LogP contribution in [-0.2, 0) is 17.9 Å². The second-order valence-corrected chi connectivity index (χ2v) is 6.23. The lowest BCUT2D eigenvalue weighted by Gasteiger charge is -2.34. The summed E-state index contributed by atoms with van der Waals surface area (Å²) in [5, 5.41) is 0. The van der Waals surface area contributed by atoms with E-state index in [0.29, 0.717) is 18.4 Å². The molecule has 2 aliphatic carbocycles. The zero-order valence-corrected chi connectivity index (χ0v) is 13.5. The van der Waals surface area contributed by atoms with Crippen molar-refractivity contribution in [1.29, 1.82) is 0 Å². The van der Waals surface area contributed by atoms with Crippen molar-refractivity contribution in [3.8, 4) is 0 Å². The van der Waals surface area contributed by atoms with Crippen molar-refractivity contribution in [1.82, 2.24) is 14.5 Å². The molecule has 4 rings (SSSR count). The molecule has 0 spiro atoms. The average Bonchev–Trinajstić information content (AvgIpc) is 3.12. The topological polar surface area (TPSA) is 64.2 Å². The van der Waals surface area contributed by atoms with Crippen molar-refractivity contribution in [2.45, 2.75) is 38.4 Å². The van der Waals surface area contributed by atoms with Gasteiger partial charge in [0, 0.05) is 31.5 Å². The Kier molecular flexibility index (Phi) is 4.85. The quantitative estimate of drug-likeness (QED) is 0.846. The molecule has 4 atom stereocenters. The Morgan fingerprint density at radius 1 is 1.24 bits per heavy atom. The lowest BCUT2D eigenvalue weighted by Crippen LogP contribution is -2.49. The standard InChI is InChI=1S/C14H20N4O.2ClH/c15-13-10-2-1-9(7-10)12(13)14(19)18-6-5-17-4-3-16-11(17)8-18;;/h3-4,9-10,12-13H,1-2,5-8,15H2;2*1H. The third kappa shape index (κ3) is 2.56. The fourth-order valence-electron chi connectivity index (χ4n) is 4.27. The monoisotopic (exact) mass is 332 g/mol. The maximum Gasteiger partial charge on any atom is 0.228 e. The van der Waals surface area contributed by atoms with Crippen LogP contribution in [-0.4, -0.2) is 32.9 Å². The third-order valence-corrected chi connectivity index (χ3v) is 5.32. The summed E-state index contributed by atoms with van der Waals surface area (Å²) in [6, 6.07) is 0.0907. The first-order valence-electron chi connectivity index (χ1n) is 7.28. The van der Waals surface area contributed by atoms with E-state index in [9.17, 15) is 4.79 Å². The first kappa shape index (κ1) is 16.6. The fraction of sp³-hybridized carbons (Fsp3) is 0.714. The number of nitrogens with zero attached hydrogens (tertiary/aromatic N) is 3. The van der Waals surface area contributed by atoms with Gasteiger partial charge in [0.2, 0.25) is 5.91 Å². The van der Waals surface area contributed by atoms with E-state index in [2.05, 4.69) is 9.55 Å². The zero-order valence-electron chi connectivity index (χ0n) is 11.9. The Morgan fingerprint density at radius 2 is 2.00 bits per heavy atom. The summed E-state index contributed by atoms with van der Waals surface area (Å²) >= 11 is 0. The van der Waals surface area contributed by atoms with Gasteiger partial charge in [-0.3, -0.25) is 4.79 Å². The maximum absolute atomic E-state index is 12.7. The molecule has 2 saturated carbocycles. The fourth-order valence-corrected chi connectivity index (χ4v) is 4.27. The number of aromatic nitrogens is 2. The number of nitrogens with two attached hydrogens (primary N) is 1. The molecule has 118 valence electrons. The molecule has 7 heteroatoms. The van der Waals surface area contributed by atoms with Crippen LogP contribution in [0.5, 0.6) is 0 Å². The van der Waals surface area contributed by atoms with Crippen LogP contribution in [0.25, 0.3) is 0 Å². The van der Waals surface area contributed by atoms with Gasteiger partial charge in [-0.05, 0) is 31.1 Å². The molecule has 1 amide bonds. The number of fused-ring (bicyclic) bond motifs is 3. The maximum atomic E-state index is 12.7. The molecule has 0 radical (unpaired) electrons. The first-order valence-corrected chi connectivity index (χ1v) is 7.28. The van der Waals surface area contributed by atoms with Crippen LogP contribution in [0.3, 0.4) is 0 Å². The lowest BCUT2D eigenvalue weighted by atomic mass is 9.84. The van der Waals surface area contributed by atoms with Gasteiger partial charge < -0.3 is 15.2 Å². The van der Waals surface area contributed by atoms with Crippen molar-refractivity contribution < 1.29 is 4.79 Å². The molecule has 0 aromatic carbocycles. The lowest BCUT2D eigenvalue weighted by molar-refractivity contribution is -0.139. The summed E-state index contributed by atoms with van der Waals surface area (Å²) in [4.78, 5) is 19.0. The molecule has 2 fully saturated rings. The predicted octanol–water partition coefficient (Wildman–Crippen LogP) is 1.44. The van der Waals surface area contributed by atoms with Gasteiger partial charge in [0.05, 0.1) is 12.5 Å². The third-order valence-electron chi connectivity index (χ3n) is 5.32. The highest BCUT2D eigenvalue weighted by atomic mass is 35.5. The number of hydrogen-bond donors (Lipinski definition) is 1. The zero-order chi connectivity index (χ0) is 13.0. The number of rotatable bonds is 1. The SMILES string of the molecule is Cl.Cl.NC1C2CCC(C2)C1C(=O)N1CCn2ccnc2C1. The van der Waals surface area contributed by atoms with Crippen LogP contribution in [0.4, 0.5) is 0 Å². The second kappa shape index (κ2) is 6.15. The molecule has 2 N–H and O–H groups in total. The van der Waals surface area contributed by atoms with Crippen molar-refractivity contribution >= 4 is 30.7 Å². The van der Waals surface area contributed by atoms with Crippen molar-refractivity contribution in [2.75, 3.05) is 6.54 Å². The summed E-state index contributed by atoms with van der Waals surface area (Å²) in [7, 11) is 0. The van der Waals surface area contributed by atoms with Crippen LogP contribution in [0.2, 0.25) is 0 Å². The van der Waals surface area contributed by atoms with E-state index >= 15 is 0 Å². The van der Waals surface area contributed by atoms with Crippen LogP contribution in [0.15, 0.2) is 12.4 Å². The number of amides is 1. The van der Waals surface area contributed by atoms with E-state index in [4.69, 9.17) is 5.73 Å². The average molecular weight is 333 g/mol. The highest BCUT2D eigenvalue weighted by Crippen LogP contribution is 2.48. The van der Waals surface area contributed by atoms with Gasteiger partial charge in [-0.25, -0.2) is 4.98 Å². The van der Waals surface area contributed by atoms with Gasteiger partial charge in [0.15, 0.2) is 0 Å². The molecular weight excluding hydrogens is 311 g/mol. The van der Waals surface area contributed by atoms with Crippen LogP contribution in [0.1, 0.15) is 25.1 Å². The van der Waals surface area contributed by atoms with E-state index in [1.54, 1.807) is 0 Å². The summed E-state index contributed by atoms with van der Waals surface area (Å²) in [5.41, 5.74) is 6.28. The number of hydrogen-bond acceptors (Lipinski definition) is 3. The molecular formula is C14H22Cl2N4O. The molecule has 1 aromatic heterocycles. The summed E-state index contributed by atoms with van der Waals surface area (Å²) in [5.74, 6) is 2.46. The van der Waals surface area contributed by atoms with Gasteiger partial charge in [-0.15, -0.1) is 24.8 Å². The van der Waals surface area contributed by atoms with E-state index in [1.807, 2.05) is 17.3 Å². The predicted molar refractivity (Wildman–Crippen MR) is 84.4 cm³/mol. The largest absolute Gasteiger partial charge is 0.333 e. The van der Waals surface area contributed by atoms with Crippen LogP contribution >= 0.6 is 24.8 Å². The first-order chi connectivity index (χ1) is 9.24. The van der Waals surface area contributed by atoms with E-state index in [-0.39, 0.29) is 42.7 Å². The number of carbonyl (C=O) groups excluding carboxylic acids is 1. The summed E-state index contributed by atoms with van der Waals surface area (Å²) in [6.07, 6.45) is 7.38. The van der Waals surface area contributed by atoms with E-state index in [1.165, 1.54) is 19.3 Å². The molecule has 4 unspecified atom stereocenters. The summed E-state index contributed by atoms with van der Waals surface area (Å²) < 4.78 is 2.13. The Labute approximate surface area is 137 Å². The Hall–Kier alpha value is -0.780. The highest BCUT2D eigenvalue weighted by molar-refractivity contribution is 5.85. The molecule has 2 bridgehead atoms. The minimum Gasteiger partial charge on any atom is -0.333 e. The van der Waals surface area contributed by atoms with E-state index in [0.717, 1.165) is 18.9 Å². The van der Waals surface area contributed by atoms with Crippen LogP contribution in [0, 0.1) is 17.8 Å². The number of halogens is 2. The van der Waals surface area contributed by atoms with Gasteiger partial charge in [0.1, 0.15) is 5.82 Å². The Balaban J connectivity index is 0.000000807. The number of imidazole rings is 1. The van der Waals surface area contributed by atoms with Crippen LogP contribution < -0.4 is 5.73 Å². The van der Waals surface area contributed by atoms with Gasteiger partial charge in [-0.2, -0.15) is 0 Å². The van der Waals surface area contributed by atoms with E-state index < -0.39 is 0 Å². The molecule has 21 heavy (non-hydrogen) atoms. The van der Waals surface area contributed by atoms with Crippen molar-refractivity contribution in [3.05, 3.63) is 18.2 Å². The highest BCUT2D eigenvalue weighted by Gasteiger charge is 2.50. The molecule has 1 aliphatic heterocycles. The molecule has 3 aliphatic rings. The van der Waals surface area contributed by atoms with Gasteiger partial charge in [-0.1, -0.05) is 0 Å². The molecule has 1 aromatic rings.